The van der Waals surface area contributed by atoms with Gasteiger partial charge in [-0.1, -0.05) is 42.2 Å². The molecule has 1 N–H and O–H groups in total. The van der Waals surface area contributed by atoms with Gasteiger partial charge in [0.15, 0.2) is 0 Å². The van der Waals surface area contributed by atoms with Crippen LogP contribution in [0.1, 0.15) is 36.0 Å². The lowest BCUT2D eigenvalue weighted by molar-refractivity contribution is 0.0887. The van der Waals surface area contributed by atoms with Crippen molar-refractivity contribution in [3.05, 3.63) is 65.2 Å². The number of piperazine rings is 1. The molecule has 0 amide bonds. The van der Waals surface area contributed by atoms with Gasteiger partial charge in [0.2, 0.25) is 0 Å². The van der Waals surface area contributed by atoms with Crippen molar-refractivity contribution in [2.75, 3.05) is 50.8 Å². The van der Waals surface area contributed by atoms with Crippen molar-refractivity contribution in [3.8, 4) is 11.8 Å². The molecule has 2 aliphatic rings. The van der Waals surface area contributed by atoms with Gasteiger partial charge in [0.1, 0.15) is 0 Å². The first kappa shape index (κ1) is 21.9. The van der Waals surface area contributed by atoms with Crippen LogP contribution < -0.4 is 4.90 Å². The summed E-state index contributed by atoms with van der Waals surface area (Å²) >= 11 is 0. The van der Waals surface area contributed by atoms with Gasteiger partial charge in [-0.3, -0.25) is 9.80 Å². The topological polar surface area (TPSA) is 30.0 Å². The van der Waals surface area contributed by atoms with Crippen LogP contribution in [-0.4, -0.2) is 66.8 Å². The van der Waals surface area contributed by atoms with Gasteiger partial charge in [0.25, 0.3) is 0 Å². The van der Waals surface area contributed by atoms with Crippen molar-refractivity contribution in [1.82, 2.24) is 9.80 Å². The molecule has 0 aromatic heterocycles. The molecule has 2 aliphatic heterocycles. The monoisotopic (exact) mass is 417 g/mol. The highest BCUT2D eigenvalue weighted by atomic mass is 16.2. The van der Waals surface area contributed by atoms with E-state index in [1.165, 1.54) is 42.7 Å². The van der Waals surface area contributed by atoms with E-state index >= 15 is 0 Å². The summed E-state index contributed by atoms with van der Waals surface area (Å²) in [7, 11) is 0. The quantitative estimate of drug-likeness (QED) is 0.754. The molecular weight excluding hydrogens is 382 g/mol. The number of nitrogens with zero attached hydrogens (tertiary/aromatic N) is 3. The minimum atomic E-state index is 0.127. The zero-order chi connectivity index (χ0) is 21.5. The molecule has 2 aromatic rings. The molecule has 0 unspecified atom stereocenters. The van der Waals surface area contributed by atoms with E-state index in [0.29, 0.717) is 12.5 Å². The molecule has 4 nitrogen and oxygen atoms in total. The second-order valence-corrected chi connectivity index (χ2v) is 8.81. The number of aliphatic hydroxyl groups excluding tert-OH is 1. The summed E-state index contributed by atoms with van der Waals surface area (Å²) in [6, 6.07) is 18.0. The smallest absolute Gasteiger partial charge is 0.0540 e. The number of aliphatic hydroxyl groups is 1. The molecule has 164 valence electrons. The van der Waals surface area contributed by atoms with Crippen LogP contribution in [0.25, 0.3) is 0 Å². The van der Waals surface area contributed by atoms with Gasteiger partial charge < -0.3 is 10.0 Å². The maximum Gasteiger partial charge on any atom is 0.0540 e. The lowest BCUT2D eigenvalue weighted by Gasteiger charge is -2.44. The summed E-state index contributed by atoms with van der Waals surface area (Å²) < 4.78 is 0. The molecule has 4 heteroatoms. The minimum Gasteiger partial charge on any atom is -0.395 e. The lowest BCUT2D eigenvalue weighted by atomic mass is 10.0. The molecule has 2 heterocycles. The number of likely N-dealkylation sites (tertiary alicyclic amines) is 1. The fourth-order valence-corrected chi connectivity index (χ4v) is 4.89. The van der Waals surface area contributed by atoms with E-state index < -0.39 is 0 Å². The second kappa shape index (κ2) is 10.8. The van der Waals surface area contributed by atoms with Crippen molar-refractivity contribution in [3.63, 3.8) is 0 Å². The zero-order valence-electron chi connectivity index (χ0n) is 18.8. The largest absolute Gasteiger partial charge is 0.395 e. The van der Waals surface area contributed by atoms with E-state index in [4.69, 9.17) is 5.11 Å². The van der Waals surface area contributed by atoms with Crippen molar-refractivity contribution in [1.29, 1.82) is 0 Å². The molecule has 0 aliphatic carbocycles. The van der Waals surface area contributed by atoms with Gasteiger partial charge >= 0.3 is 0 Å². The van der Waals surface area contributed by atoms with Crippen LogP contribution in [0.2, 0.25) is 0 Å². The summed E-state index contributed by atoms with van der Waals surface area (Å²) in [5.74, 6) is 6.10. The van der Waals surface area contributed by atoms with Crippen molar-refractivity contribution in [2.45, 2.75) is 38.8 Å². The van der Waals surface area contributed by atoms with Crippen LogP contribution in [0.3, 0.4) is 0 Å². The number of aryl methyl sites for hydroxylation is 1. The fourth-order valence-electron chi connectivity index (χ4n) is 4.89. The van der Waals surface area contributed by atoms with Crippen LogP contribution >= 0.6 is 0 Å². The maximum absolute atomic E-state index is 8.85. The number of rotatable bonds is 5. The van der Waals surface area contributed by atoms with Crippen molar-refractivity contribution < 1.29 is 5.11 Å². The minimum absolute atomic E-state index is 0.127. The third kappa shape index (κ3) is 5.89. The summed E-state index contributed by atoms with van der Waals surface area (Å²) in [4.78, 5) is 7.90. The third-order valence-corrected chi connectivity index (χ3v) is 6.60. The average molecular weight is 418 g/mol. The van der Waals surface area contributed by atoms with E-state index in [9.17, 15) is 0 Å². The summed E-state index contributed by atoms with van der Waals surface area (Å²) in [6.45, 7) is 10.3. The Morgan fingerprint density at radius 3 is 2.48 bits per heavy atom. The van der Waals surface area contributed by atoms with Gasteiger partial charge in [-0.15, -0.1) is 0 Å². The van der Waals surface area contributed by atoms with E-state index in [0.717, 1.165) is 38.3 Å². The van der Waals surface area contributed by atoms with Gasteiger partial charge in [0, 0.05) is 63.0 Å². The highest BCUT2D eigenvalue weighted by Gasteiger charge is 2.28. The van der Waals surface area contributed by atoms with Crippen LogP contribution in [-0.2, 0) is 6.54 Å². The fraction of sp³-hybridized carbons (Fsp3) is 0.481. The molecule has 0 bridgehead atoms. The van der Waals surface area contributed by atoms with E-state index in [-0.39, 0.29) is 6.61 Å². The standard InChI is InChI=1S/C27H35N3O/c1-23-7-2-3-10-27(23)30-18-16-29(17-19-30)26-9-6-15-28(22-26)21-25-13-11-24(12-14-25)8-4-5-20-31/h2-3,7,10-14,26,31H,5-6,9,15-22H2,1H3/t26-/m1/s1. The Balaban J connectivity index is 1.28. The number of hydrogen-bond acceptors (Lipinski definition) is 4. The van der Waals surface area contributed by atoms with Crippen LogP contribution in [0.15, 0.2) is 48.5 Å². The Hall–Kier alpha value is -2.32. The van der Waals surface area contributed by atoms with Gasteiger partial charge in [0.05, 0.1) is 6.61 Å². The Kier molecular flexibility index (Phi) is 7.64. The molecule has 2 fully saturated rings. The SMILES string of the molecule is Cc1ccccc1N1CCN([C@@H]2CCCN(Cc3ccc(C#CCCO)cc3)C2)CC1. The van der Waals surface area contributed by atoms with Gasteiger partial charge in [-0.05, 0) is 55.6 Å². The Morgan fingerprint density at radius 2 is 1.74 bits per heavy atom. The molecule has 31 heavy (non-hydrogen) atoms. The van der Waals surface area contributed by atoms with Crippen LogP contribution in [0, 0.1) is 18.8 Å². The number of hydrogen-bond donors (Lipinski definition) is 1. The number of anilines is 1. The second-order valence-electron chi connectivity index (χ2n) is 8.81. The van der Waals surface area contributed by atoms with Crippen LogP contribution in [0.5, 0.6) is 0 Å². The highest BCUT2D eigenvalue weighted by Crippen LogP contribution is 2.24. The Bertz CT molecular complexity index is 891. The predicted molar refractivity (Wildman–Crippen MR) is 128 cm³/mol. The third-order valence-electron chi connectivity index (χ3n) is 6.60. The molecular formula is C27H35N3O. The van der Waals surface area contributed by atoms with Crippen molar-refractivity contribution >= 4 is 5.69 Å². The molecule has 2 aromatic carbocycles. The summed E-state index contributed by atoms with van der Waals surface area (Å²) in [5, 5.41) is 8.85. The molecule has 0 spiro atoms. The van der Waals surface area contributed by atoms with Crippen molar-refractivity contribution in [2.24, 2.45) is 0 Å². The molecule has 2 saturated heterocycles. The number of benzene rings is 2. The van der Waals surface area contributed by atoms with E-state index in [1.807, 2.05) is 0 Å². The van der Waals surface area contributed by atoms with Crippen LogP contribution in [0.4, 0.5) is 5.69 Å². The molecule has 0 radical (unpaired) electrons. The summed E-state index contributed by atoms with van der Waals surface area (Å²) in [5.41, 5.74) is 5.17. The molecule has 4 rings (SSSR count). The lowest BCUT2D eigenvalue weighted by Crippen LogP contribution is -2.55. The number of piperidine rings is 1. The van der Waals surface area contributed by atoms with E-state index in [1.54, 1.807) is 0 Å². The Labute approximate surface area is 187 Å². The normalized spacial score (nSPS) is 20.3. The summed E-state index contributed by atoms with van der Waals surface area (Å²) in [6.07, 6.45) is 3.14. The highest BCUT2D eigenvalue weighted by molar-refractivity contribution is 5.53. The maximum atomic E-state index is 8.85. The predicted octanol–water partition coefficient (Wildman–Crippen LogP) is 3.52. The van der Waals surface area contributed by atoms with E-state index in [2.05, 4.69) is 82.0 Å². The van der Waals surface area contributed by atoms with Gasteiger partial charge in [-0.25, -0.2) is 0 Å². The first-order chi connectivity index (χ1) is 15.2. The average Bonchev–Trinajstić information content (AvgIpc) is 2.81. The first-order valence-corrected chi connectivity index (χ1v) is 11.7. The van der Waals surface area contributed by atoms with Gasteiger partial charge in [-0.2, -0.15) is 0 Å². The Morgan fingerprint density at radius 1 is 0.968 bits per heavy atom. The molecule has 1 atom stereocenters. The molecule has 0 saturated carbocycles. The number of para-hydroxylation sites is 1. The zero-order valence-corrected chi connectivity index (χ0v) is 18.8. The first-order valence-electron chi connectivity index (χ1n) is 11.7.